The van der Waals surface area contributed by atoms with Crippen molar-refractivity contribution >= 4 is 34.9 Å². The van der Waals surface area contributed by atoms with Crippen molar-refractivity contribution in [2.45, 2.75) is 13.5 Å². The molecule has 0 radical (unpaired) electrons. The topological polar surface area (TPSA) is 35.6 Å². The van der Waals surface area contributed by atoms with Crippen LogP contribution in [-0.2, 0) is 6.54 Å². The Bertz CT molecular complexity index is 758. The van der Waals surface area contributed by atoms with Crippen LogP contribution >= 0.6 is 23.2 Å². The molecule has 0 bridgehead atoms. The largest absolute Gasteiger partial charge is 0.322 e. The molecule has 1 saturated heterocycles. The Labute approximate surface area is 158 Å². The van der Waals surface area contributed by atoms with E-state index in [9.17, 15) is 4.79 Å². The van der Waals surface area contributed by atoms with Gasteiger partial charge in [-0.2, -0.15) is 0 Å². The summed E-state index contributed by atoms with van der Waals surface area (Å²) < 4.78 is 0. The first-order valence-corrected chi connectivity index (χ1v) is 9.06. The molecule has 0 aromatic heterocycles. The Morgan fingerprint density at radius 2 is 1.80 bits per heavy atom. The molecule has 0 spiro atoms. The Balaban J connectivity index is 1.51. The lowest BCUT2D eigenvalue weighted by atomic mass is 10.1. The van der Waals surface area contributed by atoms with Crippen LogP contribution in [0, 0.1) is 6.92 Å². The number of amides is 2. The number of nitrogens with zero attached hydrogens (tertiary/aromatic N) is 2. The molecule has 6 heteroatoms. The first-order valence-electron chi connectivity index (χ1n) is 8.30. The second-order valence-corrected chi connectivity index (χ2v) is 7.13. The Morgan fingerprint density at radius 1 is 1.04 bits per heavy atom. The summed E-state index contributed by atoms with van der Waals surface area (Å²) in [4.78, 5) is 16.6. The smallest absolute Gasteiger partial charge is 0.321 e. The number of aryl methyl sites for hydroxylation is 1. The lowest BCUT2D eigenvalue weighted by Gasteiger charge is -2.34. The van der Waals surface area contributed by atoms with E-state index in [1.54, 1.807) is 18.2 Å². The second-order valence-electron chi connectivity index (χ2n) is 6.31. The molecule has 132 valence electrons. The third-order valence-electron chi connectivity index (χ3n) is 4.32. The van der Waals surface area contributed by atoms with Gasteiger partial charge in [0.25, 0.3) is 0 Å². The molecule has 2 amide bonds. The number of hydrogen-bond acceptors (Lipinski definition) is 2. The zero-order chi connectivity index (χ0) is 17.8. The van der Waals surface area contributed by atoms with Crippen molar-refractivity contribution in [2.75, 3.05) is 31.5 Å². The summed E-state index contributed by atoms with van der Waals surface area (Å²) in [5.74, 6) is 0. The van der Waals surface area contributed by atoms with E-state index in [4.69, 9.17) is 23.2 Å². The first-order chi connectivity index (χ1) is 12.0. The highest BCUT2D eigenvalue weighted by molar-refractivity contribution is 6.42. The summed E-state index contributed by atoms with van der Waals surface area (Å²) in [5.41, 5.74) is 3.24. The predicted octanol–water partition coefficient (Wildman–Crippen LogP) is 4.65. The summed E-state index contributed by atoms with van der Waals surface area (Å²) in [6, 6.07) is 13.5. The maximum absolute atomic E-state index is 12.4. The monoisotopic (exact) mass is 377 g/mol. The predicted molar refractivity (Wildman–Crippen MR) is 104 cm³/mol. The summed E-state index contributed by atoms with van der Waals surface area (Å²) in [6.45, 7) is 6.17. The zero-order valence-electron chi connectivity index (χ0n) is 14.1. The minimum atomic E-state index is -0.103. The number of nitrogens with one attached hydrogen (secondary N) is 1. The molecule has 1 aliphatic rings. The van der Waals surface area contributed by atoms with Crippen LogP contribution < -0.4 is 5.32 Å². The number of benzene rings is 2. The number of anilines is 1. The zero-order valence-corrected chi connectivity index (χ0v) is 15.6. The summed E-state index contributed by atoms with van der Waals surface area (Å²) in [7, 11) is 0. The Morgan fingerprint density at radius 3 is 2.48 bits per heavy atom. The van der Waals surface area contributed by atoms with E-state index in [1.165, 1.54) is 11.1 Å². The van der Waals surface area contributed by atoms with Crippen LogP contribution in [0.1, 0.15) is 11.1 Å². The maximum atomic E-state index is 12.4. The number of carbonyl (C=O) groups excluding carboxylic acids is 1. The van der Waals surface area contributed by atoms with Gasteiger partial charge in [0.1, 0.15) is 0 Å². The van der Waals surface area contributed by atoms with Crippen molar-refractivity contribution < 1.29 is 4.79 Å². The fraction of sp³-hybridized carbons (Fsp3) is 0.316. The van der Waals surface area contributed by atoms with Crippen molar-refractivity contribution in [1.82, 2.24) is 9.80 Å². The number of carbonyl (C=O) groups is 1. The third-order valence-corrected chi connectivity index (χ3v) is 5.06. The highest BCUT2D eigenvalue weighted by Gasteiger charge is 2.21. The van der Waals surface area contributed by atoms with Gasteiger partial charge in [-0.05, 0) is 30.7 Å². The summed E-state index contributed by atoms with van der Waals surface area (Å²) >= 11 is 11.9. The maximum Gasteiger partial charge on any atom is 0.321 e. The van der Waals surface area contributed by atoms with E-state index >= 15 is 0 Å². The molecular formula is C19H21Cl2N3O. The van der Waals surface area contributed by atoms with Gasteiger partial charge < -0.3 is 10.2 Å². The minimum Gasteiger partial charge on any atom is -0.322 e. The van der Waals surface area contributed by atoms with Crippen molar-refractivity contribution in [3.8, 4) is 0 Å². The van der Waals surface area contributed by atoms with Gasteiger partial charge in [-0.25, -0.2) is 4.79 Å². The quantitative estimate of drug-likeness (QED) is 0.844. The molecule has 1 N–H and O–H groups in total. The van der Waals surface area contributed by atoms with Gasteiger partial charge in [0.2, 0.25) is 0 Å². The highest BCUT2D eigenvalue weighted by Crippen LogP contribution is 2.25. The molecular weight excluding hydrogens is 357 g/mol. The Kier molecular flexibility index (Phi) is 5.84. The average molecular weight is 378 g/mol. The molecule has 2 aromatic rings. The fourth-order valence-electron chi connectivity index (χ4n) is 2.95. The van der Waals surface area contributed by atoms with Crippen LogP contribution in [0.4, 0.5) is 10.5 Å². The van der Waals surface area contributed by atoms with E-state index in [1.807, 2.05) is 4.90 Å². The molecule has 1 heterocycles. The molecule has 0 saturated carbocycles. The Hall–Kier alpha value is -1.75. The molecule has 3 rings (SSSR count). The van der Waals surface area contributed by atoms with Crippen LogP contribution in [0.3, 0.4) is 0 Å². The summed E-state index contributed by atoms with van der Waals surface area (Å²) in [5, 5.41) is 3.79. The number of urea groups is 1. The van der Waals surface area contributed by atoms with Crippen LogP contribution in [0.5, 0.6) is 0 Å². The molecule has 25 heavy (non-hydrogen) atoms. The number of rotatable bonds is 3. The van der Waals surface area contributed by atoms with E-state index in [-0.39, 0.29) is 6.03 Å². The first kappa shape index (κ1) is 18.1. The van der Waals surface area contributed by atoms with Crippen LogP contribution in [0.15, 0.2) is 42.5 Å². The molecule has 4 nitrogen and oxygen atoms in total. The lowest BCUT2D eigenvalue weighted by molar-refractivity contribution is 0.143. The van der Waals surface area contributed by atoms with E-state index in [2.05, 4.69) is 41.4 Å². The number of piperazine rings is 1. The van der Waals surface area contributed by atoms with Gasteiger partial charge in [-0.1, -0.05) is 53.0 Å². The molecule has 0 unspecified atom stereocenters. The van der Waals surface area contributed by atoms with Crippen molar-refractivity contribution in [3.05, 3.63) is 63.6 Å². The van der Waals surface area contributed by atoms with Crippen LogP contribution in [0.2, 0.25) is 10.0 Å². The minimum absolute atomic E-state index is 0.103. The average Bonchev–Trinajstić information content (AvgIpc) is 2.59. The van der Waals surface area contributed by atoms with E-state index in [0.717, 1.165) is 19.6 Å². The molecule has 0 atom stereocenters. The van der Waals surface area contributed by atoms with E-state index in [0.29, 0.717) is 28.8 Å². The molecule has 1 aliphatic heterocycles. The molecule has 0 aliphatic carbocycles. The molecule has 2 aromatic carbocycles. The van der Waals surface area contributed by atoms with Crippen molar-refractivity contribution in [2.24, 2.45) is 0 Å². The fourth-order valence-corrected chi connectivity index (χ4v) is 3.25. The third kappa shape index (κ3) is 4.88. The SMILES string of the molecule is Cc1cccc(CN2CCN(C(=O)Nc3ccc(Cl)c(Cl)c3)CC2)c1. The van der Waals surface area contributed by atoms with Gasteiger partial charge in [0.05, 0.1) is 10.0 Å². The molecule has 1 fully saturated rings. The second kappa shape index (κ2) is 8.09. The number of hydrogen-bond donors (Lipinski definition) is 1. The lowest BCUT2D eigenvalue weighted by Crippen LogP contribution is -2.49. The van der Waals surface area contributed by atoms with Crippen LogP contribution in [-0.4, -0.2) is 42.0 Å². The van der Waals surface area contributed by atoms with Gasteiger partial charge in [0.15, 0.2) is 0 Å². The van der Waals surface area contributed by atoms with Crippen molar-refractivity contribution in [1.29, 1.82) is 0 Å². The van der Waals surface area contributed by atoms with Gasteiger partial charge in [-0.3, -0.25) is 4.90 Å². The van der Waals surface area contributed by atoms with Gasteiger partial charge >= 0.3 is 6.03 Å². The van der Waals surface area contributed by atoms with Gasteiger partial charge in [0, 0.05) is 38.4 Å². The van der Waals surface area contributed by atoms with Crippen molar-refractivity contribution in [3.63, 3.8) is 0 Å². The highest BCUT2D eigenvalue weighted by atomic mass is 35.5. The van der Waals surface area contributed by atoms with E-state index < -0.39 is 0 Å². The van der Waals surface area contributed by atoms with Crippen LogP contribution in [0.25, 0.3) is 0 Å². The summed E-state index contributed by atoms with van der Waals surface area (Å²) in [6.07, 6.45) is 0. The normalized spacial score (nSPS) is 15.2. The van der Waals surface area contributed by atoms with Gasteiger partial charge in [-0.15, -0.1) is 0 Å². The number of halogens is 2. The standard InChI is InChI=1S/C19H21Cl2N3O/c1-14-3-2-4-15(11-14)13-23-7-9-24(10-8-23)19(25)22-16-5-6-17(20)18(21)12-16/h2-6,11-12H,7-10,13H2,1H3,(H,22,25).